The molecule has 0 bridgehead atoms. The Bertz CT molecular complexity index is 481. The summed E-state index contributed by atoms with van der Waals surface area (Å²) in [7, 11) is -1.54. The van der Waals surface area contributed by atoms with Crippen LogP contribution in [0.1, 0.15) is 26.3 Å². The summed E-state index contributed by atoms with van der Waals surface area (Å²) < 4.78 is 28.7. The zero-order valence-corrected chi connectivity index (χ0v) is 11.4. The topological polar surface area (TPSA) is 44.8 Å². The van der Waals surface area contributed by atoms with Crippen LogP contribution in [0.3, 0.4) is 0 Å². The molecule has 0 radical (unpaired) electrons. The number of hydrogen-bond acceptors (Lipinski definition) is 4. The Morgan fingerprint density at radius 2 is 2.12 bits per heavy atom. The normalized spacial score (nSPS) is 25.2. The van der Waals surface area contributed by atoms with E-state index in [9.17, 15) is 4.57 Å². The summed E-state index contributed by atoms with van der Waals surface area (Å²) in [5.74, 6) is 1.35. The van der Waals surface area contributed by atoms with Crippen LogP contribution in [0.4, 0.5) is 0 Å². The molecule has 1 heterocycles. The number of ether oxygens (including phenoxy) is 1. The Balaban J connectivity index is 2.51. The summed E-state index contributed by atoms with van der Waals surface area (Å²) in [6, 6.07) is 5.42. The second-order valence-electron chi connectivity index (χ2n) is 4.43. The minimum atomic E-state index is -3.14. The molecule has 1 aliphatic rings. The second-order valence-corrected chi connectivity index (χ2v) is 6.98. The molecule has 0 aromatic heterocycles. The Hall–Kier alpha value is -0.990. The highest BCUT2D eigenvalue weighted by atomic mass is 31.2. The molecule has 0 saturated heterocycles. The SMILES string of the molecule is CCOP1(=O)Oc2ccc(OC)cc2C1(C)C. The second kappa shape index (κ2) is 4.04. The van der Waals surface area contributed by atoms with Crippen molar-refractivity contribution in [3.8, 4) is 11.5 Å². The van der Waals surface area contributed by atoms with Crippen molar-refractivity contribution in [1.82, 2.24) is 0 Å². The zero-order chi connectivity index (χ0) is 12.7. The van der Waals surface area contributed by atoms with Crippen molar-refractivity contribution in [3.63, 3.8) is 0 Å². The van der Waals surface area contributed by atoms with Crippen LogP contribution < -0.4 is 9.26 Å². The number of fused-ring (bicyclic) bond motifs is 1. The molecule has 1 aliphatic heterocycles. The van der Waals surface area contributed by atoms with Gasteiger partial charge in [0.15, 0.2) is 0 Å². The Kier molecular flexibility index (Phi) is 2.96. The lowest BCUT2D eigenvalue weighted by atomic mass is 10.0. The molecule has 0 N–H and O–H groups in total. The predicted octanol–water partition coefficient (Wildman–Crippen LogP) is 3.55. The van der Waals surface area contributed by atoms with Crippen LogP contribution in [0.25, 0.3) is 0 Å². The van der Waals surface area contributed by atoms with Crippen molar-refractivity contribution in [1.29, 1.82) is 0 Å². The van der Waals surface area contributed by atoms with Gasteiger partial charge in [-0.2, -0.15) is 0 Å². The van der Waals surface area contributed by atoms with Crippen molar-refractivity contribution < 1.29 is 18.3 Å². The maximum absolute atomic E-state index is 12.6. The molecule has 4 nitrogen and oxygen atoms in total. The molecule has 94 valence electrons. The summed E-state index contributed by atoms with van der Waals surface area (Å²) in [5, 5.41) is -0.646. The van der Waals surface area contributed by atoms with Crippen molar-refractivity contribution in [2.24, 2.45) is 0 Å². The molecule has 1 aromatic rings. The van der Waals surface area contributed by atoms with Gasteiger partial charge in [0.05, 0.1) is 13.7 Å². The van der Waals surface area contributed by atoms with Crippen LogP contribution in [0.15, 0.2) is 18.2 Å². The van der Waals surface area contributed by atoms with E-state index in [1.54, 1.807) is 19.2 Å². The largest absolute Gasteiger partial charge is 0.497 e. The molecular weight excluding hydrogens is 239 g/mol. The van der Waals surface area contributed by atoms with Gasteiger partial charge in [-0.3, -0.25) is 4.52 Å². The highest BCUT2D eigenvalue weighted by molar-refractivity contribution is 7.56. The molecule has 0 amide bonds. The average molecular weight is 256 g/mol. The molecular formula is C12H17O4P. The zero-order valence-electron chi connectivity index (χ0n) is 10.5. The molecule has 1 atom stereocenters. The fraction of sp³-hybridized carbons (Fsp3) is 0.500. The van der Waals surface area contributed by atoms with Gasteiger partial charge in [-0.25, -0.2) is 4.57 Å². The van der Waals surface area contributed by atoms with Crippen LogP contribution in [0.2, 0.25) is 0 Å². The van der Waals surface area contributed by atoms with Gasteiger partial charge in [-0.1, -0.05) is 0 Å². The minimum Gasteiger partial charge on any atom is -0.497 e. The third-order valence-electron chi connectivity index (χ3n) is 3.05. The number of rotatable bonds is 3. The van der Waals surface area contributed by atoms with E-state index in [-0.39, 0.29) is 0 Å². The first-order valence-corrected chi connectivity index (χ1v) is 7.11. The molecule has 5 heteroatoms. The minimum absolute atomic E-state index is 0.367. The van der Waals surface area contributed by atoms with Crippen molar-refractivity contribution in [2.45, 2.75) is 25.9 Å². The maximum Gasteiger partial charge on any atom is 0.389 e. The first-order valence-electron chi connectivity index (χ1n) is 5.57. The molecule has 0 spiro atoms. The first kappa shape index (κ1) is 12.5. The predicted molar refractivity (Wildman–Crippen MR) is 65.9 cm³/mol. The van der Waals surface area contributed by atoms with Crippen LogP contribution in [0.5, 0.6) is 11.5 Å². The van der Waals surface area contributed by atoms with E-state index in [0.717, 1.165) is 11.3 Å². The van der Waals surface area contributed by atoms with E-state index >= 15 is 0 Å². The van der Waals surface area contributed by atoms with Gasteiger partial charge in [-0.05, 0) is 39.0 Å². The molecule has 1 aromatic carbocycles. The molecule has 0 fully saturated rings. The smallest absolute Gasteiger partial charge is 0.389 e. The fourth-order valence-electron chi connectivity index (χ4n) is 1.94. The monoisotopic (exact) mass is 256 g/mol. The number of methoxy groups -OCH3 is 1. The van der Waals surface area contributed by atoms with Gasteiger partial charge in [-0.15, -0.1) is 0 Å². The Labute approximate surface area is 101 Å². The first-order chi connectivity index (χ1) is 7.94. The lowest BCUT2D eigenvalue weighted by Crippen LogP contribution is -2.15. The number of benzene rings is 1. The van der Waals surface area contributed by atoms with Gasteiger partial charge in [0, 0.05) is 5.56 Å². The van der Waals surface area contributed by atoms with Gasteiger partial charge in [0.2, 0.25) is 0 Å². The molecule has 17 heavy (non-hydrogen) atoms. The van der Waals surface area contributed by atoms with Gasteiger partial charge < -0.3 is 9.26 Å². The summed E-state index contributed by atoms with van der Waals surface area (Å²) in [4.78, 5) is 0. The lowest BCUT2D eigenvalue weighted by molar-refractivity contribution is 0.270. The van der Waals surface area contributed by atoms with Gasteiger partial charge in [0.1, 0.15) is 16.7 Å². The summed E-state index contributed by atoms with van der Waals surface area (Å²) in [5.41, 5.74) is 0.869. The van der Waals surface area contributed by atoms with E-state index in [2.05, 4.69) is 0 Å². The molecule has 1 unspecified atom stereocenters. The Morgan fingerprint density at radius 1 is 1.41 bits per heavy atom. The van der Waals surface area contributed by atoms with E-state index in [1.807, 2.05) is 26.8 Å². The fourth-order valence-corrected chi connectivity index (χ4v) is 3.77. The summed E-state index contributed by atoms with van der Waals surface area (Å²) in [6.45, 7) is 5.91. The van der Waals surface area contributed by atoms with Crippen molar-refractivity contribution in [3.05, 3.63) is 23.8 Å². The quantitative estimate of drug-likeness (QED) is 0.776. The third-order valence-corrected chi connectivity index (χ3v) is 5.69. The van der Waals surface area contributed by atoms with Crippen LogP contribution in [0, 0.1) is 0 Å². The van der Waals surface area contributed by atoms with Crippen LogP contribution >= 0.6 is 7.60 Å². The van der Waals surface area contributed by atoms with Crippen LogP contribution in [-0.4, -0.2) is 13.7 Å². The van der Waals surface area contributed by atoms with E-state index < -0.39 is 12.8 Å². The molecule has 2 rings (SSSR count). The van der Waals surface area contributed by atoms with Crippen LogP contribution in [-0.2, 0) is 14.2 Å². The Morgan fingerprint density at radius 3 is 2.71 bits per heavy atom. The molecule has 0 saturated carbocycles. The third kappa shape index (κ3) is 1.76. The summed E-state index contributed by atoms with van der Waals surface area (Å²) in [6.07, 6.45) is 0. The van der Waals surface area contributed by atoms with Gasteiger partial charge >= 0.3 is 7.60 Å². The standard InChI is InChI=1S/C12H17O4P/c1-5-15-17(13)12(2,3)10-8-9(14-4)6-7-11(10)16-17/h6-8H,5H2,1-4H3. The average Bonchev–Trinajstić information content (AvgIpc) is 2.47. The highest BCUT2D eigenvalue weighted by Gasteiger charge is 2.53. The lowest BCUT2D eigenvalue weighted by Gasteiger charge is -2.24. The maximum atomic E-state index is 12.6. The van der Waals surface area contributed by atoms with Crippen molar-refractivity contribution >= 4 is 7.60 Å². The van der Waals surface area contributed by atoms with Crippen molar-refractivity contribution in [2.75, 3.05) is 13.7 Å². The van der Waals surface area contributed by atoms with E-state index in [0.29, 0.717) is 12.4 Å². The van der Waals surface area contributed by atoms with E-state index in [4.69, 9.17) is 13.8 Å². The van der Waals surface area contributed by atoms with Gasteiger partial charge in [0.25, 0.3) is 0 Å². The molecule has 0 aliphatic carbocycles. The number of hydrogen-bond donors (Lipinski definition) is 0. The highest BCUT2D eigenvalue weighted by Crippen LogP contribution is 2.70. The summed E-state index contributed by atoms with van der Waals surface area (Å²) >= 11 is 0. The van der Waals surface area contributed by atoms with E-state index in [1.165, 1.54) is 0 Å².